The van der Waals surface area contributed by atoms with Crippen LogP contribution < -0.4 is 10.1 Å². The smallest absolute Gasteiger partial charge is 0.407 e. The molecule has 0 fully saturated rings. The zero-order chi connectivity index (χ0) is 22.7. The van der Waals surface area contributed by atoms with Crippen molar-refractivity contribution in [3.63, 3.8) is 0 Å². The van der Waals surface area contributed by atoms with Crippen LogP contribution in [0, 0.1) is 0 Å². The first-order valence-electron chi connectivity index (χ1n) is 10.5. The fourth-order valence-electron chi connectivity index (χ4n) is 4.27. The van der Waals surface area contributed by atoms with Crippen molar-refractivity contribution in [1.29, 1.82) is 0 Å². The summed E-state index contributed by atoms with van der Waals surface area (Å²) < 4.78 is 10.7. The van der Waals surface area contributed by atoms with E-state index in [-0.39, 0.29) is 12.5 Å². The Hall–Kier alpha value is -3.80. The second kappa shape index (κ2) is 9.14. The van der Waals surface area contributed by atoms with E-state index in [1.807, 2.05) is 36.4 Å². The predicted octanol–water partition coefficient (Wildman–Crippen LogP) is 4.79. The number of carboxylic acids is 1. The average Bonchev–Trinajstić information content (AvgIpc) is 3.14. The van der Waals surface area contributed by atoms with Gasteiger partial charge in [-0.25, -0.2) is 9.59 Å². The number of rotatable bonds is 7. The summed E-state index contributed by atoms with van der Waals surface area (Å²) in [6, 6.07) is 22.1. The number of hydrogen-bond donors (Lipinski definition) is 2. The Morgan fingerprint density at radius 2 is 1.50 bits per heavy atom. The molecule has 6 nitrogen and oxygen atoms in total. The predicted molar refractivity (Wildman–Crippen MR) is 121 cm³/mol. The summed E-state index contributed by atoms with van der Waals surface area (Å²) in [5.74, 6) is -0.992. The third-order valence-electron chi connectivity index (χ3n) is 6.02. The van der Waals surface area contributed by atoms with Gasteiger partial charge in [0.1, 0.15) is 18.4 Å². The monoisotopic (exact) mass is 431 g/mol. The van der Waals surface area contributed by atoms with Crippen molar-refractivity contribution in [3.05, 3.63) is 89.5 Å². The molecule has 3 aromatic rings. The zero-order valence-electron chi connectivity index (χ0n) is 17.9. The van der Waals surface area contributed by atoms with Gasteiger partial charge in [-0.3, -0.25) is 0 Å². The average molecular weight is 431 g/mol. The number of carbonyl (C=O) groups is 2. The second-order valence-corrected chi connectivity index (χ2v) is 7.85. The van der Waals surface area contributed by atoms with Crippen molar-refractivity contribution in [3.8, 4) is 16.9 Å². The third kappa shape index (κ3) is 4.17. The molecule has 6 heteroatoms. The number of amides is 1. The standard InChI is InChI=1S/C26H25NO5/c1-16(17-11-13-18(31-2)14-12-17)24(25(28)29)27-26(30)32-15-23-21-9-5-3-7-19(21)20-8-4-6-10-22(20)23/h3-14,16,23-24H,15H2,1-2H3,(H,27,30)(H,28,29)/t16-,24-/m1/s1. The fourth-order valence-corrected chi connectivity index (χ4v) is 4.27. The number of ether oxygens (including phenoxy) is 2. The van der Waals surface area contributed by atoms with Gasteiger partial charge in [-0.15, -0.1) is 0 Å². The van der Waals surface area contributed by atoms with E-state index in [0.717, 1.165) is 27.8 Å². The molecule has 2 atom stereocenters. The molecule has 164 valence electrons. The van der Waals surface area contributed by atoms with E-state index in [9.17, 15) is 14.7 Å². The Labute approximate surface area is 186 Å². The molecule has 1 amide bonds. The van der Waals surface area contributed by atoms with Crippen LogP contribution in [0.4, 0.5) is 4.79 Å². The minimum atomic E-state index is -1.13. The molecule has 2 N–H and O–H groups in total. The molecule has 0 aromatic heterocycles. The lowest BCUT2D eigenvalue weighted by molar-refractivity contribution is -0.139. The minimum absolute atomic E-state index is 0.0876. The maximum absolute atomic E-state index is 12.6. The van der Waals surface area contributed by atoms with E-state index in [1.165, 1.54) is 0 Å². The SMILES string of the molecule is COc1ccc([C@@H](C)[C@@H](NC(=O)OCC2c3ccccc3-c3ccccc32)C(=O)O)cc1. The van der Waals surface area contributed by atoms with E-state index < -0.39 is 24.0 Å². The summed E-state index contributed by atoms with van der Waals surface area (Å²) in [6.07, 6.45) is -0.750. The number of benzene rings is 3. The minimum Gasteiger partial charge on any atom is -0.497 e. The van der Waals surface area contributed by atoms with Gasteiger partial charge in [-0.05, 0) is 39.9 Å². The Bertz CT molecular complexity index is 1080. The van der Waals surface area contributed by atoms with Gasteiger partial charge in [0.15, 0.2) is 0 Å². The van der Waals surface area contributed by atoms with Crippen molar-refractivity contribution in [2.75, 3.05) is 13.7 Å². The molecule has 0 saturated carbocycles. The normalized spacial score (nSPS) is 14.1. The van der Waals surface area contributed by atoms with E-state index in [0.29, 0.717) is 5.75 Å². The van der Waals surface area contributed by atoms with Crippen LogP contribution in [0.2, 0.25) is 0 Å². The highest BCUT2D eigenvalue weighted by atomic mass is 16.5. The highest BCUT2D eigenvalue weighted by Crippen LogP contribution is 2.44. The van der Waals surface area contributed by atoms with Crippen LogP contribution in [-0.4, -0.2) is 36.9 Å². The van der Waals surface area contributed by atoms with Crippen molar-refractivity contribution in [2.45, 2.75) is 24.8 Å². The molecule has 0 bridgehead atoms. The maximum Gasteiger partial charge on any atom is 0.407 e. The first-order valence-corrected chi connectivity index (χ1v) is 10.5. The molecular weight excluding hydrogens is 406 g/mol. The number of methoxy groups -OCH3 is 1. The van der Waals surface area contributed by atoms with Gasteiger partial charge in [0.2, 0.25) is 0 Å². The number of alkyl carbamates (subject to hydrolysis) is 1. The van der Waals surface area contributed by atoms with Crippen LogP contribution >= 0.6 is 0 Å². The van der Waals surface area contributed by atoms with Gasteiger partial charge < -0.3 is 19.9 Å². The topological polar surface area (TPSA) is 84.9 Å². The Kier molecular flexibility index (Phi) is 6.12. The van der Waals surface area contributed by atoms with Crippen LogP contribution in [0.5, 0.6) is 5.75 Å². The van der Waals surface area contributed by atoms with Crippen molar-refractivity contribution >= 4 is 12.1 Å². The largest absolute Gasteiger partial charge is 0.497 e. The van der Waals surface area contributed by atoms with Crippen molar-refractivity contribution in [1.82, 2.24) is 5.32 Å². The van der Waals surface area contributed by atoms with Crippen LogP contribution in [0.25, 0.3) is 11.1 Å². The van der Waals surface area contributed by atoms with E-state index >= 15 is 0 Å². The number of carbonyl (C=O) groups excluding carboxylic acids is 1. The summed E-state index contributed by atoms with van der Waals surface area (Å²) in [5.41, 5.74) is 5.24. The maximum atomic E-state index is 12.6. The molecule has 4 rings (SSSR count). The lowest BCUT2D eigenvalue weighted by atomic mass is 9.93. The lowest BCUT2D eigenvalue weighted by Gasteiger charge is -2.22. The van der Waals surface area contributed by atoms with Gasteiger partial charge in [-0.1, -0.05) is 67.6 Å². The molecule has 0 saturated heterocycles. The van der Waals surface area contributed by atoms with E-state index in [4.69, 9.17) is 9.47 Å². The first-order chi connectivity index (χ1) is 15.5. The molecule has 0 heterocycles. The molecular formula is C26H25NO5. The Balaban J connectivity index is 1.45. The molecule has 0 aliphatic heterocycles. The summed E-state index contributed by atoms with van der Waals surface area (Å²) in [7, 11) is 1.57. The molecule has 32 heavy (non-hydrogen) atoms. The molecule has 3 aromatic carbocycles. The van der Waals surface area contributed by atoms with Gasteiger partial charge >= 0.3 is 12.1 Å². The van der Waals surface area contributed by atoms with Gasteiger partial charge in [0.05, 0.1) is 7.11 Å². The summed E-state index contributed by atoms with van der Waals surface area (Å²) >= 11 is 0. The summed E-state index contributed by atoms with van der Waals surface area (Å²) in [6.45, 7) is 1.88. The molecule has 0 spiro atoms. The second-order valence-electron chi connectivity index (χ2n) is 7.85. The van der Waals surface area contributed by atoms with Gasteiger partial charge in [-0.2, -0.15) is 0 Å². The van der Waals surface area contributed by atoms with Crippen molar-refractivity contribution < 1.29 is 24.2 Å². The van der Waals surface area contributed by atoms with Crippen LogP contribution in [0.3, 0.4) is 0 Å². The molecule has 1 aliphatic carbocycles. The fraction of sp³-hybridized carbons (Fsp3) is 0.231. The Morgan fingerprint density at radius 3 is 2.03 bits per heavy atom. The number of aliphatic carboxylic acids is 1. The summed E-state index contributed by atoms with van der Waals surface area (Å²) in [4.78, 5) is 24.4. The zero-order valence-corrected chi connectivity index (χ0v) is 17.9. The number of nitrogens with one attached hydrogen (secondary N) is 1. The van der Waals surface area contributed by atoms with E-state index in [2.05, 4.69) is 17.4 Å². The van der Waals surface area contributed by atoms with E-state index in [1.54, 1.807) is 38.3 Å². The Morgan fingerprint density at radius 1 is 0.938 bits per heavy atom. The number of carboxylic acid groups (broad SMARTS) is 1. The summed E-state index contributed by atoms with van der Waals surface area (Å²) in [5, 5.41) is 12.2. The number of hydrogen-bond acceptors (Lipinski definition) is 4. The first kappa shape index (κ1) is 21.4. The van der Waals surface area contributed by atoms with Crippen LogP contribution in [0.15, 0.2) is 72.8 Å². The molecule has 1 aliphatic rings. The lowest BCUT2D eigenvalue weighted by Crippen LogP contribution is -2.44. The quantitative estimate of drug-likeness (QED) is 0.562. The molecule has 0 radical (unpaired) electrons. The molecule has 0 unspecified atom stereocenters. The third-order valence-corrected chi connectivity index (χ3v) is 6.02. The number of fused-ring (bicyclic) bond motifs is 3. The van der Waals surface area contributed by atoms with Crippen LogP contribution in [0.1, 0.15) is 35.4 Å². The van der Waals surface area contributed by atoms with Crippen LogP contribution in [-0.2, 0) is 9.53 Å². The van der Waals surface area contributed by atoms with Gasteiger partial charge in [0, 0.05) is 11.8 Å². The highest BCUT2D eigenvalue weighted by molar-refractivity contribution is 5.82. The van der Waals surface area contributed by atoms with Gasteiger partial charge in [0.25, 0.3) is 0 Å². The van der Waals surface area contributed by atoms with Crippen molar-refractivity contribution in [2.24, 2.45) is 0 Å². The highest BCUT2D eigenvalue weighted by Gasteiger charge is 2.31.